The molecule has 0 N–H and O–H groups in total. The number of fused-ring (bicyclic) bond motifs is 1. The van der Waals surface area contributed by atoms with Crippen LogP contribution in [-0.4, -0.2) is 48.4 Å². The Labute approximate surface area is 166 Å². The third kappa shape index (κ3) is 3.91. The zero-order valence-corrected chi connectivity index (χ0v) is 16.2. The summed E-state index contributed by atoms with van der Waals surface area (Å²) in [7, 11) is 0. The van der Waals surface area contributed by atoms with Gasteiger partial charge in [-0.15, -0.1) is 5.10 Å². The highest BCUT2D eigenvalue weighted by atomic mass is 35.5. The minimum Gasteiger partial charge on any atom is -0.341 e. The number of carbonyl (C=O) groups is 1. The summed E-state index contributed by atoms with van der Waals surface area (Å²) < 4.78 is 2.89. The van der Waals surface area contributed by atoms with Crippen molar-refractivity contribution in [2.45, 2.75) is 38.8 Å². The maximum absolute atomic E-state index is 12.7. The van der Waals surface area contributed by atoms with Gasteiger partial charge < -0.3 is 4.90 Å². The minimum atomic E-state index is -0.351. The van der Waals surface area contributed by atoms with Crippen LogP contribution in [0, 0.1) is 0 Å². The Balaban J connectivity index is 1.55. The smallest absolute Gasteiger partial charge is 0.283 e. The fraction of sp³-hybridized carbons (Fsp3) is 0.421. The number of hydrogen-bond acceptors (Lipinski definition) is 5. The maximum atomic E-state index is 12.7. The van der Waals surface area contributed by atoms with Gasteiger partial charge in [-0.2, -0.15) is 0 Å². The van der Waals surface area contributed by atoms with Gasteiger partial charge in [-0.3, -0.25) is 14.2 Å². The van der Waals surface area contributed by atoms with Crippen LogP contribution in [-0.2, 0) is 17.9 Å². The molecule has 0 aliphatic carbocycles. The summed E-state index contributed by atoms with van der Waals surface area (Å²) >= 11 is 5.91. The topological polar surface area (TPSA) is 85.9 Å². The Kier molecular flexibility index (Phi) is 5.38. The van der Waals surface area contributed by atoms with Crippen LogP contribution in [0.2, 0.25) is 5.02 Å². The Hall–Kier alpha value is -2.74. The van der Waals surface area contributed by atoms with Crippen molar-refractivity contribution in [3.05, 3.63) is 51.5 Å². The van der Waals surface area contributed by atoms with Crippen molar-refractivity contribution >= 4 is 28.7 Å². The van der Waals surface area contributed by atoms with E-state index in [0.717, 1.165) is 44.3 Å². The fourth-order valence-corrected chi connectivity index (χ4v) is 3.56. The first kappa shape index (κ1) is 18.6. The van der Waals surface area contributed by atoms with E-state index in [1.807, 2.05) is 17.0 Å². The van der Waals surface area contributed by atoms with E-state index in [1.165, 1.54) is 10.9 Å². The van der Waals surface area contributed by atoms with Crippen LogP contribution in [0.4, 0.5) is 0 Å². The number of amides is 1. The number of nitrogens with zero attached hydrogens (tertiary/aromatic N) is 6. The van der Waals surface area contributed by atoms with Crippen molar-refractivity contribution in [3.8, 4) is 0 Å². The average Bonchev–Trinajstić information content (AvgIpc) is 2.91. The van der Waals surface area contributed by atoms with Gasteiger partial charge in [0.1, 0.15) is 12.9 Å². The molecule has 8 nitrogen and oxygen atoms in total. The van der Waals surface area contributed by atoms with Crippen LogP contribution >= 0.6 is 11.6 Å². The van der Waals surface area contributed by atoms with Gasteiger partial charge in [-0.05, 0) is 30.5 Å². The van der Waals surface area contributed by atoms with Crippen LogP contribution in [0.15, 0.2) is 35.4 Å². The first-order chi connectivity index (χ1) is 13.6. The van der Waals surface area contributed by atoms with E-state index in [2.05, 4.69) is 15.3 Å². The number of likely N-dealkylation sites (tertiary alicyclic amines) is 1. The second-order valence-electron chi connectivity index (χ2n) is 7.02. The molecule has 0 spiro atoms. The Morgan fingerprint density at radius 3 is 2.50 bits per heavy atom. The van der Waals surface area contributed by atoms with Crippen LogP contribution in [0.25, 0.3) is 11.2 Å². The van der Waals surface area contributed by atoms with Crippen molar-refractivity contribution in [1.29, 1.82) is 0 Å². The molecule has 1 fully saturated rings. The summed E-state index contributed by atoms with van der Waals surface area (Å²) in [6.07, 6.45) is 5.72. The van der Waals surface area contributed by atoms with Crippen LogP contribution in [0.3, 0.4) is 0 Å². The Morgan fingerprint density at radius 1 is 1.07 bits per heavy atom. The van der Waals surface area contributed by atoms with Gasteiger partial charge in [0.05, 0.1) is 6.54 Å². The van der Waals surface area contributed by atoms with Gasteiger partial charge in [0, 0.05) is 18.1 Å². The molecule has 0 radical (unpaired) electrons. The SMILES string of the molecule is O=C(Cn1cnc2c(nnn2Cc2ccc(Cl)cc2)c1=O)N1CCCCCC1. The van der Waals surface area contributed by atoms with E-state index in [-0.39, 0.29) is 23.5 Å². The molecular weight excluding hydrogens is 380 g/mol. The van der Waals surface area contributed by atoms with Gasteiger partial charge >= 0.3 is 0 Å². The molecule has 1 saturated heterocycles. The van der Waals surface area contributed by atoms with E-state index in [9.17, 15) is 9.59 Å². The predicted molar refractivity (Wildman–Crippen MR) is 105 cm³/mol. The number of rotatable bonds is 4. The lowest BCUT2D eigenvalue weighted by molar-refractivity contribution is -0.131. The van der Waals surface area contributed by atoms with Crippen molar-refractivity contribution in [3.63, 3.8) is 0 Å². The van der Waals surface area contributed by atoms with Crippen molar-refractivity contribution in [2.75, 3.05) is 13.1 Å². The van der Waals surface area contributed by atoms with E-state index < -0.39 is 0 Å². The van der Waals surface area contributed by atoms with Crippen molar-refractivity contribution < 1.29 is 4.79 Å². The molecule has 146 valence electrons. The number of benzene rings is 1. The Bertz CT molecular complexity index is 1030. The summed E-state index contributed by atoms with van der Waals surface area (Å²) in [6, 6.07) is 7.36. The summed E-state index contributed by atoms with van der Waals surface area (Å²) in [5, 5.41) is 8.71. The van der Waals surface area contributed by atoms with Gasteiger partial charge in [-0.25, -0.2) is 9.67 Å². The second-order valence-corrected chi connectivity index (χ2v) is 7.45. The number of aromatic nitrogens is 5. The molecule has 0 saturated carbocycles. The molecule has 3 aromatic rings. The number of hydrogen-bond donors (Lipinski definition) is 0. The van der Waals surface area contributed by atoms with Gasteiger partial charge in [0.2, 0.25) is 5.91 Å². The first-order valence-electron chi connectivity index (χ1n) is 9.43. The average molecular weight is 401 g/mol. The summed E-state index contributed by atoms with van der Waals surface area (Å²) in [6.45, 7) is 1.91. The number of halogens is 1. The molecule has 1 aliphatic rings. The second kappa shape index (κ2) is 8.10. The molecular formula is C19H21ClN6O2. The lowest BCUT2D eigenvalue weighted by atomic mass is 10.2. The lowest BCUT2D eigenvalue weighted by Gasteiger charge is -2.20. The quantitative estimate of drug-likeness (QED) is 0.669. The zero-order valence-electron chi connectivity index (χ0n) is 15.4. The third-order valence-electron chi connectivity index (χ3n) is 5.00. The molecule has 1 aromatic carbocycles. The monoisotopic (exact) mass is 400 g/mol. The summed E-state index contributed by atoms with van der Waals surface area (Å²) in [4.78, 5) is 31.5. The molecule has 28 heavy (non-hydrogen) atoms. The maximum Gasteiger partial charge on any atom is 0.283 e. The molecule has 0 bridgehead atoms. The van der Waals surface area contributed by atoms with Crippen LogP contribution < -0.4 is 5.56 Å². The van der Waals surface area contributed by atoms with E-state index in [0.29, 0.717) is 17.2 Å². The normalized spacial score (nSPS) is 15.0. The van der Waals surface area contributed by atoms with Crippen molar-refractivity contribution in [2.24, 2.45) is 0 Å². The van der Waals surface area contributed by atoms with Crippen molar-refractivity contribution in [1.82, 2.24) is 29.4 Å². The molecule has 1 amide bonds. The molecule has 0 unspecified atom stereocenters. The third-order valence-corrected chi connectivity index (χ3v) is 5.25. The highest BCUT2D eigenvalue weighted by Crippen LogP contribution is 2.13. The predicted octanol–water partition coefficient (Wildman–Crippen LogP) is 2.09. The molecule has 1 aliphatic heterocycles. The highest BCUT2D eigenvalue weighted by molar-refractivity contribution is 6.30. The fourth-order valence-electron chi connectivity index (χ4n) is 3.43. The lowest BCUT2D eigenvalue weighted by Crippen LogP contribution is -2.37. The Morgan fingerprint density at radius 2 is 1.79 bits per heavy atom. The molecule has 2 aromatic heterocycles. The van der Waals surface area contributed by atoms with Gasteiger partial charge in [0.25, 0.3) is 5.56 Å². The van der Waals surface area contributed by atoms with Crippen LogP contribution in [0.1, 0.15) is 31.2 Å². The summed E-state index contributed by atoms with van der Waals surface area (Å²) in [5.41, 5.74) is 1.19. The minimum absolute atomic E-state index is 0.0220. The van der Waals surface area contributed by atoms with E-state index in [4.69, 9.17) is 11.6 Å². The standard InChI is InChI=1S/C19H21ClN6O2/c20-15-7-5-14(6-8-15)11-26-18-17(22-23-26)19(28)25(13-21-18)12-16(27)24-9-3-1-2-4-10-24/h5-8,13H,1-4,9-12H2. The highest BCUT2D eigenvalue weighted by Gasteiger charge is 2.18. The molecule has 3 heterocycles. The van der Waals surface area contributed by atoms with E-state index >= 15 is 0 Å². The van der Waals surface area contributed by atoms with E-state index in [1.54, 1.807) is 16.8 Å². The molecule has 9 heteroatoms. The molecule has 4 rings (SSSR count). The van der Waals surface area contributed by atoms with Crippen LogP contribution in [0.5, 0.6) is 0 Å². The largest absolute Gasteiger partial charge is 0.341 e. The molecule has 0 atom stereocenters. The first-order valence-corrected chi connectivity index (χ1v) is 9.80. The number of carbonyl (C=O) groups excluding carboxylic acids is 1. The van der Waals surface area contributed by atoms with Gasteiger partial charge in [0.15, 0.2) is 11.2 Å². The summed E-state index contributed by atoms with van der Waals surface area (Å²) in [5.74, 6) is -0.0568. The van der Waals surface area contributed by atoms with Gasteiger partial charge in [-0.1, -0.05) is 41.8 Å². The zero-order chi connectivity index (χ0) is 19.5.